The highest BCUT2D eigenvalue weighted by Crippen LogP contribution is 2.31. The summed E-state index contributed by atoms with van der Waals surface area (Å²) in [4.78, 5) is 21.9. The third kappa shape index (κ3) is 5.49. The van der Waals surface area contributed by atoms with E-state index in [1.165, 1.54) is 0 Å². The van der Waals surface area contributed by atoms with Gasteiger partial charge in [-0.3, -0.25) is 4.79 Å². The van der Waals surface area contributed by atoms with Crippen LogP contribution in [0, 0.1) is 0 Å². The number of carboxylic acids is 1. The molecule has 1 aliphatic heterocycles. The van der Waals surface area contributed by atoms with Crippen molar-refractivity contribution in [2.45, 2.75) is 70.5 Å². The van der Waals surface area contributed by atoms with Gasteiger partial charge in [0.05, 0.1) is 17.0 Å². The molecule has 1 saturated heterocycles. The molecule has 0 amide bonds. The number of carbonyl (C=O) groups is 1. The maximum absolute atomic E-state index is 10.7. The fourth-order valence-corrected chi connectivity index (χ4v) is 5.03. The van der Waals surface area contributed by atoms with Crippen molar-refractivity contribution < 1.29 is 9.90 Å². The average molecular weight is 389 g/mol. The summed E-state index contributed by atoms with van der Waals surface area (Å²) in [5, 5.41) is 16.0. The number of piperidine rings is 1. The Kier molecular flexibility index (Phi) is 5.53. The summed E-state index contributed by atoms with van der Waals surface area (Å²) in [6, 6.07) is 6.19. The molecule has 27 heavy (non-hydrogen) atoms. The summed E-state index contributed by atoms with van der Waals surface area (Å²) in [5.74, 6) is -0.127. The highest BCUT2D eigenvalue weighted by atomic mass is 32.1. The van der Waals surface area contributed by atoms with Crippen LogP contribution < -0.4 is 10.6 Å². The van der Waals surface area contributed by atoms with Gasteiger partial charge in [0.2, 0.25) is 5.95 Å². The van der Waals surface area contributed by atoms with Gasteiger partial charge >= 0.3 is 5.97 Å². The number of aromatic nitrogens is 2. The van der Waals surface area contributed by atoms with Gasteiger partial charge in [-0.25, -0.2) is 9.97 Å². The molecule has 3 heterocycles. The molecule has 3 rings (SSSR count). The Hall–Kier alpha value is -1.99. The molecule has 0 bridgehead atoms. The second-order valence-electron chi connectivity index (χ2n) is 8.57. The van der Waals surface area contributed by atoms with Crippen molar-refractivity contribution in [3.8, 4) is 10.6 Å². The van der Waals surface area contributed by atoms with E-state index in [1.54, 1.807) is 17.5 Å². The van der Waals surface area contributed by atoms with Crippen LogP contribution in [-0.2, 0) is 11.2 Å². The van der Waals surface area contributed by atoms with Crippen molar-refractivity contribution >= 4 is 23.3 Å². The van der Waals surface area contributed by atoms with Crippen molar-refractivity contribution in [2.24, 2.45) is 0 Å². The molecular formula is C20H28N4O2S. The third-order valence-electron chi connectivity index (χ3n) is 4.68. The van der Waals surface area contributed by atoms with Gasteiger partial charge in [-0.15, -0.1) is 11.3 Å². The van der Waals surface area contributed by atoms with Gasteiger partial charge in [0.15, 0.2) is 0 Å². The van der Waals surface area contributed by atoms with Crippen molar-refractivity contribution in [2.75, 3.05) is 5.32 Å². The number of thiophene rings is 1. The number of nitrogens with zero attached hydrogens (tertiary/aromatic N) is 2. The second kappa shape index (κ2) is 7.56. The van der Waals surface area contributed by atoms with Gasteiger partial charge < -0.3 is 15.7 Å². The van der Waals surface area contributed by atoms with E-state index in [2.05, 4.69) is 43.3 Å². The smallest absolute Gasteiger partial charge is 0.303 e. The van der Waals surface area contributed by atoms with Crippen LogP contribution >= 0.6 is 11.3 Å². The number of hydrogen-bond acceptors (Lipinski definition) is 6. The van der Waals surface area contributed by atoms with E-state index in [9.17, 15) is 4.79 Å². The molecule has 0 spiro atoms. The summed E-state index contributed by atoms with van der Waals surface area (Å²) in [6.07, 6.45) is 4.48. The molecule has 2 aromatic rings. The molecular weight excluding hydrogens is 360 g/mol. The van der Waals surface area contributed by atoms with Gasteiger partial charge in [0.25, 0.3) is 0 Å². The lowest BCUT2D eigenvalue weighted by Gasteiger charge is -2.46. The lowest BCUT2D eigenvalue weighted by molar-refractivity contribution is -0.136. The first-order valence-corrected chi connectivity index (χ1v) is 10.1. The number of aliphatic carboxylic acids is 1. The normalized spacial score (nSPS) is 19.0. The van der Waals surface area contributed by atoms with E-state index in [-0.39, 0.29) is 17.5 Å². The Labute approximate surface area is 164 Å². The van der Waals surface area contributed by atoms with E-state index in [0.29, 0.717) is 18.4 Å². The Morgan fingerprint density at radius 1 is 1.26 bits per heavy atom. The van der Waals surface area contributed by atoms with Crippen molar-refractivity contribution in [3.63, 3.8) is 0 Å². The first-order chi connectivity index (χ1) is 12.6. The number of hydrogen-bond donors (Lipinski definition) is 3. The average Bonchev–Trinajstić information content (AvgIpc) is 2.99. The molecule has 0 saturated carbocycles. The van der Waals surface area contributed by atoms with Crippen molar-refractivity contribution in [1.82, 2.24) is 15.3 Å². The molecule has 146 valence electrons. The number of nitrogens with one attached hydrogen (secondary N) is 2. The maximum Gasteiger partial charge on any atom is 0.303 e. The van der Waals surface area contributed by atoms with E-state index in [0.717, 1.165) is 28.3 Å². The zero-order valence-electron chi connectivity index (χ0n) is 16.4. The molecule has 1 aliphatic rings. The van der Waals surface area contributed by atoms with Crippen LogP contribution in [0.3, 0.4) is 0 Å². The molecule has 7 heteroatoms. The van der Waals surface area contributed by atoms with Crippen molar-refractivity contribution in [1.29, 1.82) is 0 Å². The molecule has 1 fully saturated rings. The summed E-state index contributed by atoms with van der Waals surface area (Å²) < 4.78 is 0. The van der Waals surface area contributed by atoms with E-state index >= 15 is 0 Å². The SMILES string of the molecule is CC1(C)CC(Nc2nccc(-c3ccc(CCC(=O)O)s3)n2)CC(C)(C)N1. The van der Waals surface area contributed by atoms with Crippen LogP contribution in [-0.4, -0.2) is 38.2 Å². The number of carboxylic acid groups (broad SMARTS) is 1. The van der Waals surface area contributed by atoms with Crippen LogP contribution in [0.15, 0.2) is 24.4 Å². The fraction of sp³-hybridized carbons (Fsp3) is 0.550. The molecule has 0 aromatic carbocycles. The summed E-state index contributed by atoms with van der Waals surface area (Å²) in [6.45, 7) is 8.91. The molecule has 3 N–H and O–H groups in total. The van der Waals surface area contributed by atoms with Crippen molar-refractivity contribution in [3.05, 3.63) is 29.3 Å². The quantitative estimate of drug-likeness (QED) is 0.695. The predicted octanol–water partition coefficient (Wildman–Crippen LogP) is 3.94. The number of anilines is 1. The fourth-order valence-electron chi connectivity index (χ4n) is 4.05. The molecule has 0 radical (unpaired) electrons. The van der Waals surface area contributed by atoms with E-state index in [1.807, 2.05) is 18.2 Å². The minimum Gasteiger partial charge on any atom is -0.481 e. The van der Waals surface area contributed by atoms with Gasteiger partial charge in [0.1, 0.15) is 0 Å². The van der Waals surface area contributed by atoms with Gasteiger partial charge in [0, 0.05) is 28.2 Å². The van der Waals surface area contributed by atoms with Crippen LogP contribution in [0.25, 0.3) is 10.6 Å². The highest BCUT2D eigenvalue weighted by molar-refractivity contribution is 7.15. The van der Waals surface area contributed by atoms with Gasteiger partial charge in [-0.2, -0.15) is 0 Å². The Balaban J connectivity index is 1.71. The minimum absolute atomic E-state index is 0.0593. The molecule has 2 aromatic heterocycles. The topological polar surface area (TPSA) is 87.1 Å². The lowest BCUT2D eigenvalue weighted by Crippen LogP contribution is -2.60. The van der Waals surface area contributed by atoms with Crippen LogP contribution in [0.5, 0.6) is 0 Å². The minimum atomic E-state index is -0.772. The van der Waals surface area contributed by atoms with E-state index < -0.39 is 5.97 Å². The molecule has 0 unspecified atom stereocenters. The second-order valence-corrected chi connectivity index (χ2v) is 9.74. The molecule has 0 atom stereocenters. The van der Waals surface area contributed by atoms with Gasteiger partial charge in [-0.05, 0) is 65.2 Å². The number of aryl methyl sites for hydroxylation is 1. The highest BCUT2D eigenvalue weighted by Gasteiger charge is 2.37. The first kappa shape index (κ1) is 19.8. The Bertz CT molecular complexity index is 800. The zero-order valence-corrected chi connectivity index (χ0v) is 17.2. The standard InChI is InChI=1S/C20H28N4O2S/c1-19(2)11-13(12-20(3,4)24-19)22-18-21-10-9-15(23-18)16-7-5-14(27-16)6-8-17(25)26/h5,7,9-10,13,24H,6,8,11-12H2,1-4H3,(H,25,26)(H,21,22,23). The Morgan fingerprint density at radius 3 is 2.63 bits per heavy atom. The molecule has 6 nitrogen and oxygen atoms in total. The largest absolute Gasteiger partial charge is 0.481 e. The summed E-state index contributed by atoms with van der Waals surface area (Å²) >= 11 is 1.59. The van der Waals surface area contributed by atoms with Crippen LogP contribution in [0.2, 0.25) is 0 Å². The van der Waals surface area contributed by atoms with Crippen LogP contribution in [0.1, 0.15) is 51.8 Å². The predicted molar refractivity (Wildman–Crippen MR) is 109 cm³/mol. The number of rotatable bonds is 6. The maximum atomic E-state index is 10.7. The van der Waals surface area contributed by atoms with Crippen LogP contribution in [0.4, 0.5) is 5.95 Å². The summed E-state index contributed by atoms with van der Waals surface area (Å²) in [7, 11) is 0. The lowest BCUT2D eigenvalue weighted by atomic mass is 9.80. The third-order valence-corrected chi connectivity index (χ3v) is 5.85. The Morgan fingerprint density at radius 2 is 1.96 bits per heavy atom. The zero-order chi connectivity index (χ0) is 19.7. The monoisotopic (exact) mass is 388 g/mol. The summed E-state index contributed by atoms with van der Waals surface area (Å²) in [5.41, 5.74) is 0.986. The van der Waals surface area contributed by atoms with E-state index in [4.69, 9.17) is 10.1 Å². The first-order valence-electron chi connectivity index (χ1n) is 9.32. The molecule has 0 aliphatic carbocycles. The van der Waals surface area contributed by atoms with Gasteiger partial charge in [-0.1, -0.05) is 0 Å².